The molecule has 1 heterocycles. The monoisotopic (exact) mass is 488 g/mol. The van der Waals surface area contributed by atoms with E-state index in [1.54, 1.807) is 30.2 Å². The zero-order chi connectivity index (χ0) is 24.8. The number of aromatic carboxylic acids is 1. The topological polar surface area (TPSA) is 88.4 Å². The maximum atomic E-state index is 13.0. The van der Waals surface area contributed by atoms with Crippen molar-refractivity contribution in [2.45, 2.75) is 13.5 Å². The molecule has 1 saturated heterocycles. The number of amidine groups is 1. The lowest BCUT2D eigenvalue weighted by Gasteiger charge is -2.12. The second kappa shape index (κ2) is 10.9. The summed E-state index contributed by atoms with van der Waals surface area (Å²) in [5, 5.41) is 9.61. The minimum Gasteiger partial charge on any atom is -0.493 e. The van der Waals surface area contributed by atoms with E-state index in [0.29, 0.717) is 40.4 Å². The van der Waals surface area contributed by atoms with E-state index in [-0.39, 0.29) is 11.5 Å². The van der Waals surface area contributed by atoms with Crippen molar-refractivity contribution in [1.82, 2.24) is 4.90 Å². The van der Waals surface area contributed by atoms with Crippen LogP contribution in [0.3, 0.4) is 0 Å². The molecule has 1 aliphatic heterocycles. The average Bonchev–Trinajstić information content (AvgIpc) is 3.17. The molecule has 0 aromatic heterocycles. The maximum Gasteiger partial charge on any atom is 0.335 e. The highest BCUT2D eigenvalue weighted by atomic mass is 32.2. The molecule has 0 radical (unpaired) electrons. The third-order valence-electron chi connectivity index (χ3n) is 5.27. The number of methoxy groups -OCH3 is 1. The first-order valence-corrected chi connectivity index (χ1v) is 11.8. The fourth-order valence-electron chi connectivity index (χ4n) is 3.44. The number of hydrogen-bond acceptors (Lipinski definition) is 6. The molecule has 3 aromatic rings. The minimum absolute atomic E-state index is 0.137. The molecule has 1 amide bonds. The Hall–Kier alpha value is -4.04. The Morgan fingerprint density at radius 3 is 2.46 bits per heavy atom. The van der Waals surface area contributed by atoms with E-state index >= 15 is 0 Å². The van der Waals surface area contributed by atoms with Crippen molar-refractivity contribution in [3.05, 3.63) is 94.4 Å². The molecular weight excluding hydrogens is 464 g/mol. The number of rotatable bonds is 8. The SMILES string of the molecule is CCN1C(=O)C(=Cc2ccc(OCc3ccccc3)c(OC)c2)SC1=Nc1ccc(C(=O)O)cc1. The summed E-state index contributed by atoms with van der Waals surface area (Å²) in [5.41, 5.74) is 2.61. The van der Waals surface area contributed by atoms with Gasteiger partial charge in [-0.2, -0.15) is 0 Å². The molecule has 8 heteroatoms. The van der Waals surface area contributed by atoms with Crippen LogP contribution in [0.1, 0.15) is 28.4 Å². The lowest BCUT2D eigenvalue weighted by atomic mass is 10.1. The van der Waals surface area contributed by atoms with E-state index in [1.165, 1.54) is 23.9 Å². The molecule has 3 aromatic carbocycles. The van der Waals surface area contributed by atoms with Crippen molar-refractivity contribution >= 4 is 40.6 Å². The summed E-state index contributed by atoms with van der Waals surface area (Å²) in [6.45, 7) is 2.77. The summed E-state index contributed by atoms with van der Waals surface area (Å²) < 4.78 is 11.4. The van der Waals surface area contributed by atoms with Crippen LogP contribution in [0.5, 0.6) is 11.5 Å². The number of aliphatic imine (C=N–C) groups is 1. The van der Waals surface area contributed by atoms with Crippen LogP contribution in [0.4, 0.5) is 5.69 Å². The van der Waals surface area contributed by atoms with Gasteiger partial charge in [-0.25, -0.2) is 9.79 Å². The highest BCUT2D eigenvalue weighted by Crippen LogP contribution is 2.36. The first-order chi connectivity index (χ1) is 17.0. The molecule has 178 valence electrons. The van der Waals surface area contributed by atoms with Gasteiger partial charge in [0.1, 0.15) is 6.61 Å². The highest BCUT2D eigenvalue weighted by Gasteiger charge is 2.32. The van der Waals surface area contributed by atoms with Crippen LogP contribution >= 0.6 is 11.8 Å². The van der Waals surface area contributed by atoms with Crippen molar-refractivity contribution in [3.63, 3.8) is 0 Å². The summed E-state index contributed by atoms with van der Waals surface area (Å²) in [6.07, 6.45) is 1.80. The Labute approximate surface area is 207 Å². The standard InChI is InChI=1S/C27H24N2O5S/c1-3-29-25(30)24(35-27(29)28-21-12-10-20(11-13-21)26(31)32)16-19-9-14-22(23(15-19)33-2)34-17-18-7-5-4-6-8-18/h4-16H,3,17H2,1-2H3,(H,31,32). The number of carbonyl (C=O) groups excluding carboxylic acids is 1. The van der Waals surface area contributed by atoms with Gasteiger partial charge in [-0.1, -0.05) is 36.4 Å². The van der Waals surface area contributed by atoms with Crippen LogP contribution in [0.15, 0.2) is 82.7 Å². The third-order valence-corrected chi connectivity index (χ3v) is 6.27. The summed E-state index contributed by atoms with van der Waals surface area (Å²) in [7, 11) is 1.58. The number of nitrogens with zero attached hydrogens (tertiary/aromatic N) is 2. The van der Waals surface area contributed by atoms with Gasteiger partial charge in [0.05, 0.1) is 23.3 Å². The molecule has 0 spiro atoms. The number of hydrogen-bond donors (Lipinski definition) is 1. The number of carboxylic acids is 1. The van der Waals surface area contributed by atoms with Crippen molar-refractivity contribution < 1.29 is 24.2 Å². The normalized spacial score (nSPS) is 15.6. The van der Waals surface area contributed by atoms with Crippen LogP contribution in [0.2, 0.25) is 0 Å². The van der Waals surface area contributed by atoms with E-state index in [0.717, 1.165) is 11.1 Å². The number of ether oxygens (including phenoxy) is 2. The number of thioether (sulfide) groups is 1. The first kappa shape index (κ1) is 24.1. The fraction of sp³-hybridized carbons (Fsp3) is 0.148. The number of amides is 1. The zero-order valence-electron chi connectivity index (χ0n) is 19.3. The van der Waals surface area contributed by atoms with Gasteiger partial charge in [0, 0.05) is 6.54 Å². The van der Waals surface area contributed by atoms with Gasteiger partial charge in [0.25, 0.3) is 5.91 Å². The van der Waals surface area contributed by atoms with Gasteiger partial charge >= 0.3 is 5.97 Å². The Kier molecular flexibility index (Phi) is 7.52. The Bertz CT molecular complexity index is 1290. The van der Waals surface area contributed by atoms with Crippen LogP contribution in [-0.2, 0) is 11.4 Å². The Balaban J connectivity index is 1.54. The van der Waals surface area contributed by atoms with Crippen LogP contribution in [0, 0.1) is 0 Å². The van der Waals surface area contributed by atoms with Gasteiger partial charge < -0.3 is 14.6 Å². The first-order valence-electron chi connectivity index (χ1n) is 11.0. The molecule has 1 N–H and O–H groups in total. The summed E-state index contributed by atoms with van der Waals surface area (Å²) >= 11 is 1.28. The van der Waals surface area contributed by atoms with Crippen molar-refractivity contribution in [1.29, 1.82) is 0 Å². The Morgan fingerprint density at radius 1 is 1.06 bits per heavy atom. The van der Waals surface area contributed by atoms with Crippen molar-refractivity contribution in [2.75, 3.05) is 13.7 Å². The van der Waals surface area contributed by atoms with E-state index in [1.807, 2.05) is 55.5 Å². The number of carbonyl (C=O) groups is 2. The quantitative estimate of drug-likeness (QED) is 0.416. The largest absolute Gasteiger partial charge is 0.493 e. The molecule has 4 rings (SSSR count). The molecule has 0 saturated carbocycles. The molecule has 0 unspecified atom stereocenters. The molecule has 0 aliphatic carbocycles. The van der Waals surface area contributed by atoms with E-state index in [4.69, 9.17) is 14.6 Å². The zero-order valence-corrected chi connectivity index (χ0v) is 20.1. The van der Waals surface area contributed by atoms with E-state index in [9.17, 15) is 9.59 Å². The molecular formula is C27H24N2O5S. The van der Waals surface area contributed by atoms with Gasteiger partial charge in [0.2, 0.25) is 0 Å². The van der Waals surface area contributed by atoms with Crippen molar-refractivity contribution in [3.8, 4) is 11.5 Å². The highest BCUT2D eigenvalue weighted by molar-refractivity contribution is 8.18. The molecule has 0 atom stereocenters. The molecule has 1 fully saturated rings. The molecule has 7 nitrogen and oxygen atoms in total. The van der Waals surface area contributed by atoms with E-state index < -0.39 is 5.97 Å². The van der Waals surface area contributed by atoms with Crippen LogP contribution < -0.4 is 9.47 Å². The van der Waals surface area contributed by atoms with Gasteiger partial charge in [0.15, 0.2) is 16.7 Å². The smallest absolute Gasteiger partial charge is 0.335 e. The lowest BCUT2D eigenvalue weighted by molar-refractivity contribution is -0.122. The average molecular weight is 489 g/mol. The van der Waals surface area contributed by atoms with Gasteiger partial charge in [-0.05, 0) is 72.3 Å². The number of likely N-dealkylation sites (N-methyl/N-ethyl adjacent to an activating group) is 1. The second-order valence-corrected chi connectivity index (χ2v) is 8.60. The summed E-state index contributed by atoms with van der Waals surface area (Å²) in [6, 6.07) is 21.6. The molecule has 1 aliphatic rings. The predicted octanol–water partition coefficient (Wildman–Crippen LogP) is 5.60. The maximum absolute atomic E-state index is 13.0. The van der Waals surface area contributed by atoms with Crippen molar-refractivity contribution in [2.24, 2.45) is 4.99 Å². The number of carboxylic acid groups (broad SMARTS) is 1. The molecule has 0 bridgehead atoms. The summed E-state index contributed by atoms with van der Waals surface area (Å²) in [5.74, 6) is 0.0559. The third kappa shape index (κ3) is 5.73. The van der Waals surface area contributed by atoms with Crippen LogP contribution in [0.25, 0.3) is 6.08 Å². The van der Waals surface area contributed by atoms with E-state index in [2.05, 4.69) is 4.99 Å². The van der Waals surface area contributed by atoms with Gasteiger partial charge in [-0.15, -0.1) is 0 Å². The van der Waals surface area contributed by atoms with Crippen LogP contribution in [-0.4, -0.2) is 40.7 Å². The number of benzene rings is 3. The Morgan fingerprint density at radius 2 is 1.80 bits per heavy atom. The van der Waals surface area contributed by atoms with Gasteiger partial charge in [-0.3, -0.25) is 9.69 Å². The lowest BCUT2D eigenvalue weighted by Crippen LogP contribution is -2.28. The minimum atomic E-state index is -0.998. The predicted molar refractivity (Wildman–Crippen MR) is 137 cm³/mol. The fourth-order valence-corrected chi connectivity index (χ4v) is 4.50. The second-order valence-electron chi connectivity index (χ2n) is 7.59. The molecule has 35 heavy (non-hydrogen) atoms. The summed E-state index contributed by atoms with van der Waals surface area (Å²) in [4.78, 5) is 30.7.